The second-order valence-electron chi connectivity index (χ2n) is 5.69. The van der Waals surface area contributed by atoms with Gasteiger partial charge in [0.25, 0.3) is 0 Å². The molecule has 2 unspecified atom stereocenters. The second kappa shape index (κ2) is 7.16. The number of rotatable bonds is 6. The summed E-state index contributed by atoms with van der Waals surface area (Å²) in [5, 5.41) is 14.4. The van der Waals surface area contributed by atoms with Gasteiger partial charge in [-0.3, -0.25) is 0 Å². The highest BCUT2D eigenvalue weighted by Crippen LogP contribution is 2.30. The molecular weight excluding hydrogens is 280 g/mol. The molecule has 1 heterocycles. The van der Waals surface area contributed by atoms with Gasteiger partial charge in [0.05, 0.1) is 23.4 Å². The maximum absolute atomic E-state index is 9.66. The summed E-state index contributed by atoms with van der Waals surface area (Å²) in [6.07, 6.45) is 0. The number of thiazole rings is 1. The Bertz CT molecular complexity index is 565. The molecule has 1 aromatic carbocycles. The van der Waals surface area contributed by atoms with E-state index in [-0.39, 0.29) is 18.7 Å². The summed E-state index contributed by atoms with van der Waals surface area (Å²) in [5.74, 6) is 0.456. The van der Waals surface area contributed by atoms with Crippen LogP contribution in [0.1, 0.15) is 59.9 Å². The minimum atomic E-state index is -0.0507. The summed E-state index contributed by atoms with van der Waals surface area (Å²) in [6, 6.07) is 10.2. The lowest BCUT2D eigenvalue weighted by Gasteiger charge is -2.21. The summed E-state index contributed by atoms with van der Waals surface area (Å²) in [7, 11) is 0. The lowest BCUT2D eigenvalue weighted by Crippen LogP contribution is -2.27. The third kappa shape index (κ3) is 3.90. The summed E-state index contributed by atoms with van der Waals surface area (Å²) in [6.45, 7) is 8.62. The Morgan fingerprint density at radius 1 is 1.19 bits per heavy atom. The van der Waals surface area contributed by atoms with Gasteiger partial charge >= 0.3 is 0 Å². The van der Waals surface area contributed by atoms with Crippen LogP contribution < -0.4 is 5.32 Å². The van der Waals surface area contributed by atoms with Gasteiger partial charge in [-0.2, -0.15) is 0 Å². The summed E-state index contributed by atoms with van der Waals surface area (Å²) >= 11 is 1.77. The number of benzene rings is 1. The van der Waals surface area contributed by atoms with Crippen molar-refractivity contribution in [2.24, 2.45) is 0 Å². The predicted molar refractivity (Wildman–Crippen MR) is 88.8 cm³/mol. The van der Waals surface area contributed by atoms with Gasteiger partial charge in [-0.15, -0.1) is 11.3 Å². The summed E-state index contributed by atoms with van der Waals surface area (Å²) < 4.78 is 0. The van der Waals surface area contributed by atoms with Crippen LogP contribution in [0, 0.1) is 6.92 Å². The average molecular weight is 304 g/mol. The van der Waals surface area contributed by atoms with Crippen molar-refractivity contribution in [1.29, 1.82) is 0 Å². The Kier molecular flexibility index (Phi) is 5.51. The molecule has 0 aliphatic heterocycles. The monoisotopic (exact) mass is 304 g/mol. The molecule has 3 nitrogen and oxygen atoms in total. The SMILES string of the molecule is Cc1nc(C(C)C)sc1C(C)NC(CO)c1ccccc1. The maximum atomic E-state index is 9.66. The molecule has 0 amide bonds. The van der Waals surface area contributed by atoms with E-state index in [2.05, 4.69) is 38.0 Å². The minimum absolute atomic E-state index is 0.0507. The number of nitrogens with one attached hydrogen (secondary N) is 1. The quantitative estimate of drug-likeness (QED) is 0.849. The molecule has 0 radical (unpaired) electrons. The largest absolute Gasteiger partial charge is 0.394 e. The molecule has 114 valence electrons. The Hall–Kier alpha value is -1.23. The van der Waals surface area contributed by atoms with Gasteiger partial charge in [0.1, 0.15) is 0 Å². The van der Waals surface area contributed by atoms with E-state index in [9.17, 15) is 5.11 Å². The molecular formula is C17H24N2OS. The Morgan fingerprint density at radius 3 is 2.38 bits per heavy atom. The fourth-order valence-electron chi connectivity index (χ4n) is 2.40. The van der Waals surface area contributed by atoms with Crippen LogP contribution >= 0.6 is 11.3 Å². The number of hydrogen-bond donors (Lipinski definition) is 2. The van der Waals surface area contributed by atoms with Crippen LogP contribution in [0.15, 0.2) is 30.3 Å². The van der Waals surface area contributed by atoms with Gasteiger partial charge in [-0.05, 0) is 19.4 Å². The normalized spacial score (nSPS) is 14.4. The first-order valence-corrected chi connectivity index (χ1v) is 8.23. The van der Waals surface area contributed by atoms with Gasteiger partial charge in [-0.25, -0.2) is 4.98 Å². The zero-order valence-electron chi connectivity index (χ0n) is 13.1. The second-order valence-corrected chi connectivity index (χ2v) is 6.75. The lowest BCUT2D eigenvalue weighted by molar-refractivity contribution is 0.236. The summed E-state index contributed by atoms with van der Waals surface area (Å²) in [4.78, 5) is 5.91. The van der Waals surface area contributed by atoms with Gasteiger partial charge in [-0.1, -0.05) is 44.2 Å². The number of aryl methyl sites for hydroxylation is 1. The van der Waals surface area contributed by atoms with Crippen LogP contribution in [-0.2, 0) is 0 Å². The van der Waals surface area contributed by atoms with E-state index in [1.807, 2.05) is 30.3 Å². The predicted octanol–water partition coefficient (Wildman–Crippen LogP) is 3.96. The molecule has 2 rings (SSSR count). The Morgan fingerprint density at radius 2 is 1.86 bits per heavy atom. The molecule has 1 aromatic heterocycles. The maximum Gasteiger partial charge on any atom is 0.0956 e. The molecule has 2 N–H and O–H groups in total. The van der Waals surface area contributed by atoms with Gasteiger partial charge in [0.2, 0.25) is 0 Å². The standard InChI is InChI=1S/C17H24N2OS/c1-11(2)17-19-13(4)16(21-17)12(3)18-15(10-20)14-8-6-5-7-9-14/h5-9,11-12,15,18,20H,10H2,1-4H3. The van der Waals surface area contributed by atoms with Crippen LogP contribution in [0.3, 0.4) is 0 Å². The lowest BCUT2D eigenvalue weighted by atomic mass is 10.1. The molecule has 21 heavy (non-hydrogen) atoms. The molecule has 2 atom stereocenters. The molecule has 0 spiro atoms. The van der Waals surface area contributed by atoms with Crippen LogP contribution in [0.2, 0.25) is 0 Å². The number of nitrogens with zero attached hydrogens (tertiary/aromatic N) is 1. The number of aliphatic hydroxyl groups is 1. The van der Waals surface area contributed by atoms with E-state index in [1.165, 1.54) is 9.88 Å². The Labute approximate surface area is 131 Å². The van der Waals surface area contributed by atoms with Crippen molar-refractivity contribution in [2.45, 2.75) is 45.7 Å². The smallest absolute Gasteiger partial charge is 0.0956 e. The fraction of sp³-hybridized carbons (Fsp3) is 0.471. The van der Waals surface area contributed by atoms with Crippen molar-refractivity contribution in [1.82, 2.24) is 10.3 Å². The van der Waals surface area contributed by atoms with Gasteiger partial charge in [0.15, 0.2) is 0 Å². The van der Waals surface area contributed by atoms with Crippen LogP contribution in [0.25, 0.3) is 0 Å². The first kappa shape index (κ1) is 16.1. The molecule has 0 bridgehead atoms. The molecule has 0 aliphatic carbocycles. The van der Waals surface area contributed by atoms with Crippen molar-refractivity contribution in [3.05, 3.63) is 51.5 Å². The van der Waals surface area contributed by atoms with Crippen molar-refractivity contribution in [2.75, 3.05) is 6.61 Å². The highest BCUT2D eigenvalue weighted by atomic mass is 32.1. The Balaban J connectivity index is 2.14. The van der Waals surface area contributed by atoms with Gasteiger partial charge < -0.3 is 10.4 Å². The molecule has 0 saturated carbocycles. The first-order chi connectivity index (χ1) is 10.0. The third-order valence-corrected chi connectivity index (χ3v) is 5.21. The zero-order chi connectivity index (χ0) is 15.4. The van der Waals surface area contributed by atoms with Crippen LogP contribution in [0.4, 0.5) is 0 Å². The van der Waals surface area contributed by atoms with E-state index in [0.717, 1.165) is 11.3 Å². The fourth-order valence-corrected chi connectivity index (χ4v) is 3.48. The van der Waals surface area contributed by atoms with Crippen molar-refractivity contribution >= 4 is 11.3 Å². The van der Waals surface area contributed by atoms with E-state index in [1.54, 1.807) is 11.3 Å². The van der Waals surface area contributed by atoms with Crippen LogP contribution in [0.5, 0.6) is 0 Å². The van der Waals surface area contributed by atoms with E-state index in [0.29, 0.717) is 5.92 Å². The van der Waals surface area contributed by atoms with Crippen LogP contribution in [-0.4, -0.2) is 16.7 Å². The molecule has 4 heteroatoms. The number of aliphatic hydroxyl groups excluding tert-OH is 1. The zero-order valence-corrected chi connectivity index (χ0v) is 13.9. The highest BCUT2D eigenvalue weighted by molar-refractivity contribution is 7.11. The molecule has 0 aliphatic rings. The minimum Gasteiger partial charge on any atom is -0.394 e. The topological polar surface area (TPSA) is 45.2 Å². The van der Waals surface area contributed by atoms with E-state index in [4.69, 9.17) is 0 Å². The van der Waals surface area contributed by atoms with Gasteiger partial charge in [0, 0.05) is 16.8 Å². The van der Waals surface area contributed by atoms with Crippen molar-refractivity contribution in [3.8, 4) is 0 Å². The number of aromatic nitrogens is 1. The van der Waals surface area contributed by atoms with E-state index < -0.39 is 0 Å². The molecule has 0 saturated heterocycles. The first-order valence-electron chi connectivity index (χ1n) is 7.42. The molecule has 2 aromatic rings. The number of hydrogen-bond acceptors (Lipinski definition) is 4. The molecule has 0 fully saturated rings. The van der Waals surface area contributed by atoms with Crippen molar-refractivity contribution in [3.63, 3.8) is 0 Å². The average Bonchev–Trinajstić information content (AvgIpc) is 2.88. The van der Waals surface area contributed by atoms with Crippen molar-refractivity contribution < 1.29 is 5.11 Å². The highest BCUT2D eigenvalue weighted by Gasteiger charge is 2.19. The van der Waals surface area contributed by atoms with E-state index >= 15 is 0 Å². The summed E-state index contributed by atoms with van der Waals surface area (Å²) in [5.41, 5.74) is 2.20. The third-order valence-electron chi connectivity index (χ3n) is 3.57.